The van der Waals surface area contributed by atoms with Gasteiger partial charge < -0.3 is 34.1 Å². The number of carboxylic acids is 2. The van der Waals surface area contributed by atoms with Crippen molar-refractivity contribution in [3.8, 4) is 0 Å². The topological polar surface area (TPSA) is 127 Å². The zero-order chi connectivity index (χ0) is 11.1. The van der Waals surface area contributed by atoms with Crippen LogP contribution in [0.5, 0.6) is 0 Å². The molecule has 0 rings (SSSR count). The molecule has 1 unspecified atom stereocenters. The van der Waals surface area contributed by atoms with Gasteiger partial charge in [0.15, 0.2) is 0 Å². The Morgan fingerprint density at radius 2 is 1.25 bits per heavy atom. The summed E-state index contributed by atoms with van der Waals surface area (Å²) < 4.78 is 0. The molecule has 0 radical (unpaired) electrons. The van der Waals surface area contributed by atoms with Crippen LogP contribution in [0.1, 0.15) is 0 Å². The van der Waals surface area contributed by atoms with Crippen LogP contribution in [-0.4, -0.2) is 45.7 Å². The van der Waals surface area contributed by atoms with E-state index in [2.05, 4.69) is 0 Å². The Morgan fingerprint density at radius 3 is 1.44 bits per heavy atom. The maximum Gasteiger partial charge on any atom is 1.00 e. The second-order valence-electron chi connectivity index (χ2n) is 2.46. The van der Waals surface area contributed by atoms with Crippen LogP contribution in [-0.2, 0) is 9.59 Å². The van der Waals surface area contributed by atoms with Crippen LogP contribution in [0.15, 0.2) is 0 Å². The average molecular weight is 299 g/mol. The third-order valence-corrected chi connectivity index (χ3v) is 3.69. The normalized spacial score (nSPS) is 12.9. The minimum atomic E-state index is -1.07. The van der Waals surface area contributed by atoms with Crippen LogP contribution in [0.3, 0.4) is 0 Å². The fraction of sp³-hybridized carbons (Fsp3) is 0.667. The fourth-order valence-corrected chi connectivity index (χ4v) is 2.61. The van der Waals surface area contributed by atoms with E-state index in [-0.39, 0.29) is 53.5 Å². The van der Waals surface area contributed by atoms with Crippen LogP contribution >= 0.6 is 21.6 Å². The molecule has 0 aliphatic carbocycles. The smallest absolute Gasteiger partial charge is 1.00 e. The van der Waals surface area contributed by atoms with E-state index in [0.717, 1.165) is 0 Å². The minimum Gasteiger partial charge on any atom is -1.00 e. The molecule has 0 amide bonds. The first-order valence-corrected chi connectivity index (χ1v) is 6.15. The molecule has 0 aromatic heterocycles. The van der Waals surface area contributed by atoms with Crippen LogP contribution in [0.4, 0.5) is 0 Å². The summed E-state index contributed by atoms with van der Waals surface area (Å²) in [6.45, 7) is 0. The first kappa shape index (κ1) is 22.1. The summed E-state index contributed by atoms with van der Waals surface area (Å²) in [5.74, 6) is -1.68. The van der Waals surface area contributed by atoms with Gasteiger partial charge in [-0.15, -0.1) is 0 Å². The molecule has 6 N–H and O–H groups in total. The molecule has 90 valence electrons. The van der Waals surface area contributed by atoms with Crippen molar-refractivity contribution in [3.05, 3.63) is 0 Å². The number of carboxylic acid groups (broad SMARTS) is 2. The maximum atomic E-state index is 10.3. The summed E-state index contributed by atoms with van der Waals surface area (Å²) in [6, 6.07) is -1.85. The van der Waals surface area contributed by atoms with Gasteiger partial charge >= 0.3 is 41.5 Å². The van der Waals surface area contributed by atoms with Crippen molar-refractivity contribution in [2.45, 2.75) is 12.1 Å². The SMILES string of the molecule is NC(CSSC[C@H](N)C(=O)O)C(=O)O.[Cl-].[Na+]. The molecule has 0 fully saturated rings. The number of carbonyl (C=O) groups is 2. The van der Waals surface area contributed by atoms with E-state index in [1.807, 2.05) is 0 Å². The molecule has 10 heteroatoms. The Balaban J connectivity index is -0.000000845. The summed E-state index contributed by atoms with van der Waals surface area (Å²) in [7, 11) is 2.41. The molecule has 0 heterocycles. The number of hydrogen-bond acceptors (Lipinski definition) is 6. The zero-order valence-electron chi connectivity index (χ0n) is 8.63. The Bertz CT molecular complexity index is 203. The molecule has 0 aliphatic heterocycles. The summed E-state index contributed by atoms with van der Waals surface area (Å²) in [5.41, 5.74) is 10.4. The van der Waals surface area contributed by atoms with Crippen molar-refractivity contribution in [1.29, 1.82) is 0 Å². The second kappa shape index (κ2) is 12.3. The fourth-order valence-electron chi connectivity index (χ4n) is 0.385. The number of hydrogen-bond donors (Lipinski definition) is 4. The van der Waals surface area contributed by atoms with E-state index in [4.69, 9.17) is 21.7 Å². The maximum absolute atomic E-state index is 10.3. The predicted octanol–water partition coefficient (Wildman–Crippen LogP) is -6.80. The van der Waals surface area contributed by atoms with Crippen LogP contribution in [0.25, 0.3) is 0 Å². The largest absolute Gasteiger partial charge is 1.00 e. The Kier molecular flexibility index (Phi) is 17.0. The third-order valence-electron chi connectivity index (χ3n) is 1.21. The van der Waals surface area contributed by atoms with Crippen molar-refractivity contribution in [2.24, 2.45) is 11.5 Å². The average Bonchev–Trinajstić information content (AvgIpc) is 2.11. The van der Waals surface area contributed by atoms with Crippen molar-refractivity contribution in [3.63, 3.8) is 0 Å². The summed E-state index contributed by atoms with van der Waals surface area (Å²) in [5, 5.41) is 16.8. The first-order valence-electron chi connectivity index (χ1n) is 3.66. The van der Waals surface area contributed by atoms with Gasteiger partial charge in [0, 0.05) is 11.5 Å². The van der Waals surface area contributed by atoms with Gasteiger partial charge in [0.1, 0.15) is 12.1 Å². The molecule has 0 bridgehead atoms. The number of rotatable bonds is 7. The summed E-state index contributed by atoms with van der Waals surface area (Å²) in [6.07, 6.45) is 0. The van der Waals surface area contributed by atoms with Crippen LogP contribution in [0, 0.1) is 0 Å². The molecule has 0 aromatic carbocycles. The van der Waals surface area contributed by atoms with Crippen molar-refractivity contribution >= 4 is 33.5 Å². The van der Waals surface area contributed by atoms with Gasteiger partial charge in [0.25, 0.3) is 0 Å². The molecular formula is C6H12ClN2NaO4S2. The Morgan fingerprint density at radius 1 is 1.00 bits per heavy atom. The molecule has 16 heavy (non-hydrogen) atoms. The van der Waals surface area contributed by atoms with Gasteiger partial charge in [-0.3, -0.25) is 9.59 Å². The first-order chi connectivity index (χ1) is 6.45. The number of aliphatic carboxylic acids is 2. The Hall–Kier alpha value is 0.850. The molecule has 0 aromatic rings. The molecule has 2 atom stereocenters. The predicted molar refractivity (Wildman–Crippen MR) is 56.1 cm³/mol. The van der Waals surface area contributed by atoms with E-state index < -0.39 is 24.0 Å². The molecular weight excluding hydrogens is 287 g/mol. The van der Waals surface area contributed by atoms with Gasteiger partial charge in [-0.1, -0.05) is 21.6 Å². The summed E-state index contributed by atoms with van der Waals surface area (Å²) >= 11 is 0. The minimum absolute atomic E-state index is 0. The van der Waals surface area contributed by atoms with E-state index >= 15 is 0 Å². The van der Waals surface area contributed by atoms with E-state index in [9.17, 15) is 9.59 Å². The van der Waals surface area contributed by atoms with Crippen molar-refractivity contribution in [2.75, 3.05) is 11.5 Å². The number of nitrogens with two attached hydrogens (primary N) is 2. The molecule has 0 saturated carbocycles. The monoisotopic (exact) mass is 298 g/mol. The van der Waals surface area contributed by atoms with E-state index in [1.54, 1.807) is 0 Å². The van der Waals surface area contributed by atoms with Crippen molar-refractivity contribution < 1.29 is 61.8 Å². The quantitative estimate of drug-likeness (QED) is 0.207. The van der Waals surface area contributed by atoms with Gasteiger partial charge in [0.05, 0.1) is 0 Å². The van der Waals surface area contributed by atoms with Crippen molar-refractivity contribution in [1.82, 2.24) is 0 Å². The molecule has 0 saturated heterocycles. The molecule has 6 nitrogen and oxygen atoms in total. The standard InChI is InChI=1S/C6H12N2O4S2.ClH.Na/c7-3(5(9)10)1-13-14-2-4(8)6(11)12;;/h3-4H,1-2,7-8H2,(H,9,10)(H,11,12);1H;/q;;+1/p-1/t3-,4?;;/m0../s1. The van der Waals surface area contributed by atoms with Gasteiger partial charge in [0.2, 0.25) is 0 Å². The van der Waals surface area contributed by atoms with Gasteiger partial charge in [-0.2, -0.15) is 0 Å². The van der Waals surface area contributed by atoms with E-state index in [1.165, 1.54) is 21.6 Å². The van der Waals surface area contributed by atoms with Gasteiger partial charge in [-0.05, 0) is 0 Å². The molecule has 0 aliphatic rings. The van der Waals surface area contributed by atoms with Gasteiger partial charge in [-0.25, -0.2) is 0 Å². The van der Waals surface area contributed by atoms with Crippen LogP contribution < -0.4 is 53.4 Å². The zero-order valence-corrected chi connectivity index (χ0v) is 13.0. The second-order valence-corrected chi connectivity index (χ2v) is 5.01. The summed E-state index contributed by atoms with van der Waals surface area (Å²) in [4.78, 5) is 20.5. The molecule has 0 spiro atoms. The van der Waals surface area contributed by atoms with Crippen LogP contribution in [0.2, 0.25) is 0 Å². The number of halogens is 1. The van der Waals surface area contributed by atoms with E-state index in [0.29, 0.717) is 0 Å². The third kappa shape index (κ3) is 11.3. The Labute approximate surface area is 129 Å².